The van der Waals surface area contributed by atoms with E-state index >= 15 is 0 Å². The maximum Gasteiger partial charge on any atom is 0.225 e. The third-order valence-electron chi connectivity index (χ3n) is 2.98. The molecule has 0 aliphatic carbocycles. The lowest BCUT2D eigenvalue weighted by atomic mass is 10.2. The molecule has 0 saturated carbocycles. The molecule has 1 N–H and O–H groups in total. The molecule has 1 aromatic carbocycles. The van der Waals surface area contributed by atoms with E-state index in [0.29, 0.717) is 18.2 Å². The van der Waals surface area contributed by atoms with E-state index in [9.17, 15) is 9.18 Å². The molecule has 0 atom stereocenters. The summed E-state index contributed by atoms with van der Waals surface area (Å²) in [6.07, 6.45) is 0. The largest absolute Gasteiger partial charge is 0.379 e. The van der Waals surface area contributed by atoms with Crippen LogP contribution in [0.5, 0.6) is 0 Å². The van der Waals surface area contributed by atoms with Crippen molar-refractivity contribution in [1.82, 2.24) is 4.98 Å². The molecule has 0 bridgehead atoms. The number of aromatic nitrogens is 1. The zero-order chi connectivity index (χ0) is 15.4. The second kappa shape index (κ2) is 6.67. The van der Waals surface area contributed by atoms with Gasteiger partial charge in [0, 0.05) is 24.5 Å². The number of benzene rings is 1. The monoisotopic (exact) mass is 307 g/mol. The lowest BCUT2D eigenvalue weighted by molar-refractivity contribution is -0.116. The van der Waals surface area contributed by atoms with Gasteiger partial charge in [0.1, 0.15) is 5.82 Å². The van der Waals surface area contributed by atoms with Crippen LogP contribution in [-0.4, -0.2) is 17.4 Å². The van der Waals surface area contributed by atoms with Crippen LogP contribution in [0.15, 0.2) is 23.6 Å². The third kappa shape index (κ3) is 4.01. The fraction of sp³-hybridized carbons (Fsp3) is 0.333. The second-order valence-electron chi connectivity index (χ2n) is 4.76. The predicted octanol–water partition coefficient (Wildman–Crippen LogP) is 3.58. The molecule has 1 aromatic heterocycles. The molecule has 6 heteroatoms. The zero-order valence-electron chi connectivity index (χ0n) is 12.3. The lowest BCUT2D eigenvalue weighted by Crippen LogP contribution is -2.27. The Morgan fingerprint density at radius 3 is 2.81 bits per heavy atom. The molecular weight excluding hydrogens is 289 g/mol. The van der Waals surface area contributed by atoms with Crippen LogP contribution in [0.25, 0.3) is 0 Å². The van der Waals surface area contributed by atoms with Crippen LogP contribution in [0.4, 0.5) is 15.2 Å². The first-order chi connectivity index (χ1) is 9.99. The summed E-state index contributed by atoms with van der Waals surface area (Å²) in [6.45, 7) is 6.38. The van der Waals surface area contributed by atoms with Gasteiger partial charge in [-0.1, -0.05) is 0 Å². The molecule has 4 nitrogen and oxygen atoms in total. The maximum atomic E-state index is 13.3. The zero-order valence-corrected chi connectivity index (χ0v) is 13.1. The minimum Gasteiger partial charge on any atom is -0.379 e. The normalized spacial score (nSPS) is 10.5. The molecule has 0 radical (unpaired) electrons. The average molecular weight is 307 g/mol. The summed E-state index contributed by atoms with van der Waals surface area (Å²) in [7, 11) is 0. The van der Waals surface area contributed by atoms with Gasteiger partial charge in [0.05, 0.1) is 12.2 Å². The molecular formula is C15H18FN3OS. The highest BCUT2D eigenvalue weighted by Gasteiger charge is 2.13. The summed E-state index contributed by atoms with van der Waals surface area (Å²) in [5, 5.41) is 5.74. The molecule has 0 unspecified atom stereocenters. The van der Waals surface area contributed by atoms with Crippen molar-refractivity contribution in [1.29, 1.82) is 0 Å². The van der Waals surface area contributed by atoms with Crippen molar-refractivity contribution in [3.8, 4) is 0 Å². The van der Waals surface area contributed by atoms with Gasteiger partial charge in [-0.25, -0.2) is 9.37 Å². The molecule has 0 spiro atoms. The smallest absolute Gasteiger partial charge is 0.225 e. The molecule has 2 rings (SSSR count). The van der Waals surface area contributed by atoms with E-state index in [1.165, 1.54) is 30.4 Å². The summed E-state index contributed by atoms with van der Waals surface area (Å²) in [4.78, 5) is 17.5. The molecule has 0 aliphatic rings. The van der Waals surface area contributed by atoms with Gasteiger partial charge in [0.2, 0.25) is 5.91 Å². The van der Waals surface area contributed by atoms with Gasteiger partial charge in [-0.05, 0) is 37.6 Å². The summed E-state index contributed by atoms with van der Waals surface area (Å²) < 4.78 is 13.3. The molecule has 1 heterocycles. The second-order valence-corrected chi connectivity index (χ2v) is 5.59. The van der Waals surface area contributed by atoms with Gasteiger partial charge in [-0.2, -0.15) is 0 Å². The number of hydrogen-bond acceptors (Lipinski definition) is 4. The molecule has 21 heavy (non-hydrogen) atoms. The molecule has 0 fully saturated rings. The van der Waals surface area contributed by atoms with Gasteiger partial charge < -0.3 is 5.32 Å². The van der Waals surface area contributed by atoms with Gasteiger partial charge in [-0.3, -0.25) is 9.69 Å². The predicted molar refractivity (Wildman–Crippen MR) is 84.3 cm³/mol. The standard InChI is InChI=1S/C15H18FN3OS/c1-4-19(11(3)20)15-18-14(9-21-15)8-17-13-6-10(2)5-12(16)7-13/h5-7,9,17H,4,8H2,1-3H3. The van der Waals surface area contributed by atoms with Crippen LogP contribution >= 0.6 is 11.3 Å². The fourth-order valence-corrected chi connectivity index (χ4v) is 2.96. The Labute approximate surface area is 127 Å². The molecule has 112 valence electrons. The quantitative estimate of drug-likeness (QED) is 0.918. The molecule has 0 saturated heterocycles. The first-order valence-electron chi connectivity index (χ1n) is 6.73. The highest BCUT2D eigenvalue weighted by molar-refractivity contribution is 7.14. The van der Waals surface area contributed by atoms with E-state index in [1.54, 1.807) is 4.90 Å². The van der Waals surface area contributed by atoms with Crippen molar-refractivity contribution < 1.29 is 9.18 Å². The number of aryl methyl sites for hydroxylation is 1. The Morgan fingerprint density at radius 2 is 2.19 bits per heavy atom. The Hall–Kier alpha value is -1.95. The van der Waals surface area contributed by atoms with Crippen molar-refractivity contribution in [2.75, 3.05) is 16.8 Å². The third-order valence-corrected chi connectivity index (χ3v) is 3.90. The molecule has 2 aromatic rings. The van der Waals surface area contributed by atoms with Gasteiger partial charge >= 0.3 is 0 Å². The first-order valence-corrected chi connectivity index (χ1v) is 7.61. The average Bonchev–Trinajstić information content (AvgIpc) is 2.84. The van der Waals surface area contributed by atoms with Gasteiger partial charge in [0.15, 0.2) is 5.13 Å². The van der Waals surface area contributed by atoms with Crippen LogP contribution in [0.1, 0.15) is 25.1 Å². The maximum absolute atomic E-state index is 13.3. The van der Waals surface area contributed by atoms with Crippen molar-refractivity contribution in [3.63, 3.8) is 0 Å². The first kappa shape index (κ1) is 15.4. The van der Waals surface area contributed by atoms with E-state index < -0.39 is 0 Å². The van der Waals surface area contributed by atoms with Crippen LogP contribution in [-0.2, 0) is 11.3 Å². The van der Waals surface area contributed by atoms with E-state index in [4.69, 9.17) is 0 Å². The van der Waals surface area contributed by atoms with Crippen LogP contribution < -0.4 is 10.2 Å². The number of halogens is 1. The van der Waals surface area contributed by atoms with Crippen LogP contribution in [0.2, 0.25) is 0 Å². The Kier molecular flexibility index (Phi) is 4.90. The number of carbonyl (C=O) groups is 1. The number of anilines is 2. The van der Waals surface area contributed by atoms with E-state index in [1.807, 2.05) is 25.3 Å². The van der Waals surface area contributed by atoms with E-state index in [0.717, 1.165) is 16.9 Å². The highest BCUT2D eigenvalue weighted by atomic mass is 32.1. The SMILES string of the molecule is CCN(C(C)=O)c1nc(CNc2cc(C)cc(F)c2)cs1. The minimum absolute atomic E-state index is 0.0212. The van der Waals surface area contributed by atoms with Crippen molar-refractivity contribution in [2.24, 2.45) is 0 Å². The molecule has 0 aliphatic heterocycles. The number of amides is 1. The topological polar surface area (TPSA) is 45.2 Å². The summed E-state index contributed by atoms with van der Waals surface area (Å²) in [6, 6.07) is 4.82. The molecule has 1 amide bonds. The van der Waals surface area contributed by atoms with Crippen molar-refractivity contribution in [3.05, 3.63) is 40.7 Å². The summed E-state index contributed by atoms with van der Waals surface area (Å²) in [5.74, 6) is -0.280. The Morgan fingerprint density at radius 1 is 1.43 bits per heavy atom. The van der Waals surface area contributed by atoms with Crippen LogP contribution in [0, 0.1) is 12.7 Å². The lowest BCUT2D eigenvalue weighted by Gasteiger charge is -2.14. The number of nitrogens with zero attached hydrogens (tertiary/aromatic N) is 2. The highest BCUT2D eigenvalue weighted by Crippen LogP contribution is 2.21. The fourth-order valence-electron chi connectivity index (χ4n) is 2.03. The van der Waals surface area contributed by atoms with E-state index in [2.05, 4.69) is 10.3 Å². The number of nitrogens with one attached hydrogen (secondary N) is 1. The number of thiazole rings is 1. The Balaban J connectivity index is 2.04. The Bertz CT molecular complexity index is 621. The summed E-state index contributed by atoms with van der Waals surface area (Å²) >= 11 is 1.43. The van der Waals surface area contributed by atoms with Crippen LogP contribution in [0.3, 0.4) is 0 Å². The summed E-state index contributed by atoms with van der Waals surface area (Å²) in [5.41, 5.74) is 2.42. The van der Waals surface area contributed by atoms with Crippen molar-refractivity contribution in [2.45, 2.75) is 27.3 Å². The number of hydrogen-bond donors (Lipinski definition) is 1. The van der Waals surface area contributed by atoms with Crippen molar-refractivity contribution >= 4 is 28.1 Å². The minimum atomic E-state index is -0.259. The number of rotatable bonds is 5. The van der Waals surface area contributed by atoms with E-state index in [-0.39, 0.29) is 11.7 Å². The number of carbonyl (C=O) groups excluding carboxylic acids is 1. The van der Waals surface area contributed by atoms with Gasteiger partial charge in [-0.15, -0.1) is 11.3 Å². The van der Waals surface area contributed by atoms with Gasteiger partial charge in [0.25, 0.3) is 0 Å².